The number of methoxy groups -OCH3 is 1. The van der Waals surface area contributed by atoms with Crippen LogP contribution in [0.5, 0.6) is 11.5 Å². The maximum atomic E-state index is 12.0. The highest BCUT2D eigenvalue weighted by molar-refractivity contribution is 5.97. The molecular formula is C19H17N3O3. The van der Waals surface area contributed by atoms with E-state index in [0.29, 0.717) is 11.4 Å². The third-order valence-electron chi connectivity index (χ3n) is 3.28. The van der Waals surface area contributed by atoms with Gasteiger partial charge < -0.3 is 15.2 Å². The number of benzene rings is 1. The quantitative estimate of drug-likeness (QED) is 0.480. The zero-order valence-electron chi connectivity index (χ0n) is 13.6. The second-order valence-corrected chi connectivity index (χ2v) is 4.99. The first-order valence-electron chi connectivity index (χ1n) is 7.47. The molecule has 126 valence electrons. The Bertz CT molecular complexity index is 837. The SMILES string of the molecule is COc1cc(C=CC=C(C#N)C(=O)NCc2ccccn2)ccc1O. The lowest BCUT2D eigenvalue weighted by Crippen LogP contribution is -2.24. The van der Waals surface area contributed by atoms with Gasteiger partial charge in [-0.05, 0) is 35.9 Å². The van der Waals surface area contributed by atoms with Crippen LogP contribution >= 0.6 is 0 Å². The van der Waals surface area contributed by atoms with Gasteiger partial charge in [-0.3, -0.25) is 9.78 Å². The van der Waals surface area contributed by atoms with E-state index in [1.54, 1.807) is 42.6 Å². The van der Waals surface area contributed by atoms with Crippen molar-refractivity contribution in [3.63, 3.8) is 0 Å². The Morgan fingerprint density at radius 1 is 1.40 bits per heavy atom. The number of hydrogen-bond donors (Lipinski definition) is 2. The number of nitrogens with one attached hydrogen (secondary N) is 1. The molecule has 0 aliphatic heterocycles. The van der Waals surface area contributed by atoms with Crippen LogP contribution in [0.15, 0.2) is 60.3 Å². The summed E-state index contributed by atoms with van der Waals surface area (Å²) in [4.78, 5) is 16.1. The molecule has 6 heteroatoms. The fraction of sp³-hybridized carbons (Fsp3) is 0.105. The van der Waals surface area contributed by atoms with Crippen molar-refractivity contribution in [3.8, 4) is 17.6 Å². The molecule has 0 aliphatic rings. The maximum absolute atomic E-state index is 12.0. The van der Waals surface area contributed by atoms with E-state index in [-0.39, 0.29) is 17.9 Å². The number of aromatic nitrogens is 1. The van der Waals surface area contributed by atoms with E-state index < -0.39 is 5.91 Å². The number of carbonyl (C=O) groups excluding carboxylic acids is 1. The molecule has 6 nitrogen and oxygen atoms in total. The number of rotatable bonds is 6. The molecule has 2 rings (SSSR count). The second-order valence-electron chi connectivity index (χ2n) is 4.99. The van der Waals surface area contributed by atoms with Gasteiger partial charge in [-0.2, -0.15) is 5.26 Å². The first kappa shape index (κ1) is 17.8. The number of amides is 1. The smallest absolute Gasteiger partial charge is 0.262 e. The predicted molar refractivity (Wildman–Crippen MR) is 93.5 cm³/mol. The van der Waals surface area contributed by atoms with Gasteiger partial charge in [0.25, 0.3) is 5.91 Å². The van der Waals surface area contributed by atoms with Crippen LogP contribution in [0.2, 0.25) is 0 Å². The van der Waals surface area contributed by atoms with Gasteiger partial charge in [-0.15, -0.1) is 0 Å². The number of ether oxygens (including phenoxy) is 1. The molecule has 2 aromatic rings. The molecule has 0 fully saturated rings. The summed E-state index contributed by atoms with van der Waals surface area (Å²) >= 11 is 0. The van der Waals surface area contributed by atoms with Crippen molar-refractivity contribution in [2.45, 2.75) is 6.54 Å². The molecule has 1 amide bonds. The summed E-state index contributed by atoms with van der Waals surface area (Å²) in [6, 6.07) is 12.1. The molecule has 0 saturated heterocycles. The Hall–Kier alpha value is -3.59. The number of aromatic hydroxyl groups is 1. The summed E-state index contributed by atoms with van der Waals surface area (Å²) in [5.41, 5.74) is 1.45. The van der Waals surface area contributed by atoms with E-state index >= 15 is 0 Å². The minimum atomic E-state index is -0.471. The molecule has 25 heavy (non-hydrogen) atoms. The summed E-state index contributed by atoms with van der Waals surface area (Å²) in [6.07, 6.45) is 6.35. The number of hydrogen-bond acceptors (Lipinski definition) is 5. The summed E-state index contributed by atoms with van der Waals surface area (Å²) < 4.78 is 5.02. The average Bonchev–Trinajstić information content (AvgIpc) is 2.65. The summed E-state index contributed by atoms with van der Waals surface area (Å²) in [6.45, 7) is 0.248. The minimum absolute atomic E-state index is 0.0158. The number of allylic oxidation sites excluding steroid dienone is 2. The standard InChI is InChI=1S/C19H17N3O3/c1-25-18-11-14(8-9-17(18)23)5-4-6-15(12-20)19(24)22-13-16-7-2-3-10-21-16/h2-11,23H,13H2,1H3,(H,22,24). The summed E-state index contributed by atoms with van der Waals surface area (Å²) in [5, 5.41) is 21.3. The summed E-state index contributed by atoms with van der Waals surface area (Å²) in [5.74, 6) is -0.0809. The van der Waals surface area contributed by atoms with Crippen LogP contribution in [0.25, 0.3) is 6.08 Å². The Morgan fingerprint density at radius 2 is 2.24 bits per heavy atom. The minimum Gasteiger partial charge on any atom is -0.504 e. The highest BCUT2D eigenvalue weighted by Crippen LogP contribution is 2.26. The first-order valence-corrected chi connectivity index (χ1v) is 7.47. The fourth-order valence-electron chi connectivity index (χ4n) is 1.99. The number of pyridine rings is 1. The van der Waals surface area contributed by atoms with E-state index in [1.807, 2.05) is 12.1 Å². The van der Waals surface area contributed by atoms with Crippen LogP contribution in [0.4, 0.5) is 0 Å². The van der Waals surface area contributed by atoms with Crippen molar-refractivity contribution < 1.29 is 14.6 Å². The molecule has 0 spiro atoms. The average molecular weight is 335 g/mol. The number of nitriles is 1. The number of phenols is 1. The van der Waals surface area contributed by atoms with E-state index in [1.165, 1.54) is 19.3 Å². The third kappa shape index (κ3) is 5.22. The van der Waals surface area contributed by atoms with Crippen LogP contribution in [0.1, 0.15) is 11.3 Å². The molecule has 0 aliphatic carbocycles. The normalized spacial score (nSPS) is 11.1. The van der Waals surface area contributed by atoms with E-state index in [9.17, 15) is 9.90 Å². The molecule has 0 saturated carbocycles. The Balaban J connectivity index is 2.01. The largest absolute Gasteiger partial charge is 0.504 e. The van der Waals surface area contributed by atoms with Crippen LogP contribution in [0.3, 0.4) is 0 Å². The highest BCUT2D eigenvalue weighted by Gasteiger charge is 2.07. The van der Waals surface area contributed by atoms with Crippen molar-refractivity contribution in [2.24, 2.45) is 0 Å². The Labute approximate surface area is 145 Å². The van der Waals surface area contributed by atoms with Crippen molar-refractivity contribution in [2.75, 3.05) is 7.11 Å². The van der Waals surface area contributed by atoms with Crippen molar-refractivity contribution >= 4 is 12.0 Å². The van der Waals surface area contributed by atoms with Crippen LogP contribution < -0.4 is 10.1 Å². The fourth-order valence-corrected chi connectivity index (χ4v) is 1.99. The van der Waals surface area contributed by atoms with Crippen molar-refractivity contribution in [3.05, 3.63) is 71.6 Å². The Kier molecular flexibility index (Phi) is 6.32. The number of nitrogens with zero attached hydrogens (tertiary/aromatic N) is 2. The number of carbonyl (C=O) groups is 1. The monoisotopic (exact) mass is 335 g/mol. The molecule has 1 aromatic carbocycles. The summed E-state index contributed by atoms with van der Waals surface area (Å²) in [7, 11) is 1.46. The lowest BCUT2D eigenvalue weighted by atomic mass is 10.1. The zero-order chi connectivity index (χ0) is 18.1. The Morgan fingerprint density at radius 3 is 2.92 bits per heavy atom. The van der Waals surface area contributed by atoms with Gasteiger partial charge in [0.1, 0.15) is 11.6 Å². The number of phenolic OH excluding ortho intramolecular Hbond substituents is 1. The lowest BCUT2D eigenvalue weighted by Gasteiger charge is -2.03. The topological polar surface area (TPSA) is 95.2 Å². The molecule has 0 bridgehead atoms. The van der Waals surface area contributed by atoms with Crippen molar-refractivity contribution in [1.29, 1.82) is 5.26 Å². The van der Waals surface area contributed by atoms with Crippen molar-refractivity contribution in [1.82, 2.24) is 10.3 Å². The van der Waals surface area contributed by atoms with Gasteiger partial charge in [0.05, 0.1) is 19.3 Å². The van der Waals surface area contributed by atoms with Gasteiger partial charge in [0.15, 0.2) is 11.5 Å². The molecule has 0 unspecified atom stereocenters. The third-order valence-corrected chi connectivity index (χ3v) is 3.28. The molecular weight excluding hydrogens is 318 g/mol. The zero-order valence-corrected chi connectivity index (χ0v) is 13.6. The molecule has 0 atom stereocenters. The van der Waals surface area contributed by atoms with Crippen LogP contribution in [0, 0.1) is 11.3 Å². The van der Waals surface area contributed by atoms with Gasteiger partial charge in [-0.1, -0.05) is 24.3 Å². The molecule has 1 heterocycles. The van der Waals surface area contributed by atoms with E-state index in [4.69, 9.17) is 10.00 Å². The van der Waals surface area contributed by atoms with Gasteiger partial charge in [0.2, 0.25) is 0 Å². The predicted octanol–water partition coefficient (Wildman–Crippen LogP) is 2.58. The van der Waals surface area contributed by atoms with Crippen LogP contribution in [-0.2, 0) is 11.3 Å². The highest BCUT2D eigenvalue weighted by atomic mass is 16.5. The van der Waals surface area contributed by atoms with E-state index in [2.05, 4.69) is 10.3 Å². The second kappa shape index (κ2) is 8.89. The maximum Gasteiger partial charge on any atom is 0.262 e. The van der Waals surface area contributed by atoms with Gasteiger partial charge in [0, 0.05) is 6.20 Å². The van der Waals surface area contributed by atoms with Gasteiger partial charge >= 0.3 is 0 Å². The lowest BCUT2D eigenvalue weighted by molar-refractivity contribution is -0.117. The van der Waals surface area contributed by atoms with Crippen LogP contribution in [-0.4, -0.2) is 23.1 Å². The van der Waals surface area contributed by atoms with Gasteiger partial charge in [-0.25, -0.2) is 0 Å². The molecule has 2 N–H and O–H groups in total. The molecule has 1 aromatic heterocycles. The van der Waals surface area contributed by atoms with E-state index in [0.717, 1.165) is 5.56 Å². The molecule has 0 radical (unpaired) electrons. The first-order chi connectivity index (χ1) is 12.1.